The number of carbonyl (C=O) groups is 4. The second kappa shape index (κ2) is 17.5. The lowest BCUT2D eigenvalue weighted by Gasteiger charge is -2.45. The fourth-order valence-corrected chi connectivity index (χ4v) is 9.45. The average Bonchev–Trinajstić information content (AvgIpc) is 3.43. The highest BCUT2D eigenvalue weighted by atomic mass is 32.1. The van der Waals surface area contributed by atoms with Crippen molar-refractivity contribution >= 4 is 59.0 Å². The summed E-state index contributed by atoms with van der Waals surface area (Å²) >= 11 is 4.81. The van der Waals surface area contributed by atoms with E-state index < -0.39 is 34.5 Å². The van der Waals surface area contributed by atoms with Gasteiger partial charge in [0.05, 0.1) is 24.0 Å². The van der Waals surface area contributed by atoms with Crippen molar-refractivity contribution in [2.45, 2.75) is 101 Å². The van der Waals surface area contributed by atoms with E-state index in [0.29, 0.717) is 55.2 Å². The van der Waals surface area contributed by atoms with Gasteiger partial charge in [0.2, 0.25) is 17.7 Å². The van der Waals surface area contributed by atoms with Crippen LogP contribution in [0.1, 0.15) is 82.5 Å². The zero-order valence-corrected chi connectivity index (χ0v) is 35.4. The normalized spacial score (nSPS) is 23.2. The third-order valence-electron chi connectivity index (χ3n) is 12.1. The summed E-state index contributed by atoms with van der Waals surface area (Å²) in [4.78, 5) is 62.3. The van der Waals surface area contributed by atoms with Crippen LogP contribution in [0.2, 0.25) is 0 Å². The number of pyridine rings is 1. The zero-order chi connectivity index (χ0) is 43.8. The molecule has 4 amide bonds. The number of carbonyl (C=O) groups excluding carboxylic acids is 4. The van der Waals surface area contributed by atoms with Gasteiger partial charge in [-0.1, -0.05) is 19.9 Å². The largest absolute Gasteiger partial charge is 0.492 e. The number of hydrogen-bond acceptors (Lipinski definition) is 12. The molecule has 4 atom stereocenters. The number of aromatic nitrogens is 1. The van der Waals surface area contributed by atoms with Crippen LogP contribution in [0.15, 0.2) is 54.7 Å². The monoisotopic (exact) mass is 861 g/mol. The summed E-state index contributed by atoms with van der Waals surface area (Å²) in [6.07, 6.45) is -1.26. The van der Waals surface area contributed by atoms with Crippen molar-refractivity contribution in [3.05, 3.63) is 71.5 Å². The summed E-state index contributed by atoms with van der Waals surface area (Å²) in [6.45, 7) is 11.0. The molecular formula is C43H50F3N9O5S. The number of piperazine rings is 1. The molecule has 14 nitrogen and oxygen atoms in total. The molecule has 2 aromatic carbocycles. The number of rotatable bonds is 12. The first-order valence-electron chi connectivity index (χ1n) is 20.5. The molecule has 0 radical (unpaired) electrons. The van der Waals surface area contributed by atoms with Gasteiger partial charge in [0, 0.05) is 55.2 Å². The Morgan fingerprint density at radius 1 is 1.07 bits per heavy atom. The SMILES string of the molecule is CC(C)c1cc(N2C(S)N(c3cnc(C#N)c(C(F)(F)F)c3)C(=O)C23CCC3)ccc1OCCN1C[C@@H](C)N(CC(=O)Nc2cccc(NC3CCC(=O)NC3=O)c2)[C@@H](C)C1. The number of anilines is 4. The predicted octanol–water partition coefficient (Wildman–Crippen LogP) is 5.71. The van der Waals surface area contributed by atoms with Gasteiger partial charge in [-0.25, -0.2) is 4.98 Å². The summed E-state index contributed by atoms with van der Waals surface area (Å²) in [5.74, 6) is -0.435. The lowest BCUT2D eigenvalue weighted by molar-refractivity contribution is -0.138. The second-order valence-electron chi connectivity index (χ2n) is 16.6. The number of piperidine rings is 1. The van der Waals surface area contributed by atoms with Crippen molar-refractivity contribution < 1.29 is 37.1 Å². The Balaban J connectivity index is 0.956. The van der Waals surface area contributed by atoms with Gasteiger partial charge in [-0.3, -0.25) is 39.2 Å². The summed E-state index contributed by atoms with van der Waals surface area (Å²) in [7, 11) is 0. The molecule has 1 aliphatic carbocycles. The topological polar surface area (TPSA) is 163 Å². The zero-order valence-electron chi connectivity index (χ0n) is 34.5. The molecule has 7 rings (SSSR count). The highest BCUT2D eigenvalue weighted by molar-refractivity contribution is 7.81. The first-order valence-corrected chi connectivity index (χ1v) is 21.0. The molecule has 1 aromatic heterocycles. The standard InChI is InChI=1S/C43H50F3N9O5S/c1-25(2)32-18-30(55-41(61)54(40(59)42(55)13-6-14-42)31-19-33(43(44,45)46)35(20-47)48-21-31)9-11-36(32)60-16-15-52-22-26(3)53(27(4)23-52)24-38(57)50-29-8-5-7-28(17-29)49-34-10-12-37(56)51-39(34)58/h5,7-9,11,17-19,21,25-27,34,41,49,61H,6,10,12-16,22-24H2,1-4H3,(H,50,57)(H,51,56,58)/t26-,27+,34?,41?. The molecule has 1 saturated carbocycles. The minimum Gasteiger partial charge on any atom is -0.492 e. The minimum atomic E-state index is -4.83. The van der Waals surface area contributed by atoms with Crippen LogP contribution >= 0.6 is 12.6 Å². The molecule has 18 heteroatoms. The number of benzene rings is 2. The van der Waals surface area contributed by atoms with E-state index in [4.69, 9.17) is 17.4 Å². The number of halogens is 3. The summed E-state index contributed by atoms with van der Waals surface area (Å²) in [6, 6.07) is 14.8. The van der Waals surface area contributed by atoms with Gasteiger partial charge in [0.25, 0.3) is 5.91 Å². The number of nitrogens with zero attached hydrogens (tertiary/aromatic N) is 6. The second-order valence-corrected chi connectivity index (χ2v) is 17.1. The number of alkyl halides is 3. The van der Waals surface area contributed by atoms with E-state index >= 15 is 0 Å². The fourth-order valence-electron chi connectivity index (χ4n) is 8.86. The van der Waals surface area contributed by atoms with Crippen molar-refractivity contribution in [2.24, 2.45) is 0 Å². The molecule has 4 aliphatic rings. The maximum Gasteiger partial charge on any atom is 0.419 e. The van der Waals surface area contributed by atoms with Crippen LogP contribution in [0.25, 0.3) is 0 Å². The van der Waals surface area contributed by atoms with Gasteiger partial charge in [-0.15, -0.1) is 12.6 Å². The van der Waals surface area contributed by atoms with Gasteiger partial charge in [-0.05, 0) is 93.5 Å². The van der Waals surface area contributed by atoms with Crippen LogP contribution in [0.3, 0.4) is 0 Å². The third kappa shape index (κ3) is 9.00. The summed E-state index contributed by atoms with van der Waals surface area (Å²) < 4.78 is 48.0. The molecule has 61 heavy (non-hydrogen) atoms. The van der Waals surface area contributed by atoms with Gasteiger partial charge >= 0.3 is 6.18 Å². The Hall–Kier alpha value is -5.38. The highest BCUT2D eigenvalue weighted by Crippen LogP contribution is 2.51. The molecule has 3 aromatic rings. The third-order valence-corrected chi connectivity index (χ3v) is 12.5. The van der Waals surface area contributed by atoms with Crippen molar-refractivity contribution in [2.75, 3.05) is 53.2 Å². The quantitative estimate of drug-likeness (QED) is 0.130. The number of nitrogens with one attached hydrogen (secondary N) is 3. The van der Waals surface area contributed by atoms with E-state index in [0.717, 1.165) is 37.3 Å². The molecular weight excluding hydrogens is 812 g/mol. The number of imide groups is 1. The van der Waals surface area contributed by atoms with E-state index in [2.05, 4.69) is 44.6 Å². The number of hydrogen-bond donors (Lipinski definition) is 4. The van der Waals surface area contributed by atoms with Crippen molar-refractivity contribution in [1.29, 1.82) is 5.26 Å². The average molecular weight is 862 g/mol. The van der Waals surface area contributed by atoms with E-state index in [1.54, 1.807) is 24.3 Å². The number of amides is 4. The maximum absolute atomic E-state index is 14.1. The van der Waals surface area contributed by atoms with Gasteiger partial charge in [-0.2, -0.15) is 18.4 Å². The van der Waals surface area contributed by atoms with Crippen molar-refractivity contribution in [3.63, 3.8) is 0 Å². The van der Waals surface area contributed by atoms with Crippen LogP contribution in [0.5, 0.6) is 5.75 Å². The molecule has 4 heterocycles. The van der Waals surface area contributed by atoms with Crippen molar-refractivity contribution in [3.8, 4) is 11.8 Å². The van der Waals surface area contributed by atoms with Crippen LogP contribution in [-0.4, -0.2) is 100 Å². The molecule has 2 unspecified atom stereocenters. The highest BCUT2D eigenvalue weighted by Gasteiger charge is 2.60. The van der Waals surface area contributed by atoms with Crippen molar-refractivity contribution in [1.82, 2.24) is 20.1 Å². The Labute approximate surface area is 358 Å². The smallest absolute Gasteiger partial charge is 0.419 e. The lowest BCUT2D eigenvalue weighted by atomic mass is 9.75. The van der Waals surface area contributed by atoms with E-state index in [1.807, 2.05) is 36.9 Å². The Kier molecular flexibility index (Phi) is 12.6. The predicted molar refractivity (Wildman–Crippen MR) is 226 cm³/mol. The van der Waals surface area contributed by atoms with E-state index in [9.17, 15) is 37.6 Å². The summed E-state index contributed by atoms with van der Waals surface area (Å²) in [5, 5.41) is 17.7. The molecule has 1 spiro atoms. The van der Waals surface area contributed by atoms with Crippen LogP contribution in [0, 0.1) is 11.3 Å². The molecule has 3 aliphatic heterocycles. The van der Waals surface area contributed by atoms with Crippen LogP contribution in [-0.2, 0) is 25.4 Å². The minimum absolute atomic E-state index is 0.0379. The molecule has 324 valence electrons. The number of nitriles is 1. The summed E-state index contributed by atoms with van der Waals surface area (Å²) in [5.41, 5.74) is -1.08. The molecule has 0 bridgehead atoms. The van der Waals surface area contributed by atoms with E-state index in [1.165, 1.54) is 11.0 Å². The Bertz CT molecular complexity index is 2220. The van der Waals surface area contributed by atoms with Crippen LogP contribution < -0.4 is 30.5 Å². The van der Waals surface area contributed by atoms with Gasteiger partial charge in [0.1, 0.15) is 30.0 Å². The maximum atomic E-state index is 14.1. The number of thiol groups is 1. The first kappa shape index (κ1) is 43.7. The fraction of sp³-hybridized carbons (Fsp3) is 0.488. The van der Waals surface area contributed by atoms with Gasteiger partial charge < -0.3 is 20.3 Å². The first-order chi connectivity index (χ1) is 29.0. The Morgan fingerprint density at radius 2 is 1.79 bits per heavy atom. The lowest BCUT2D eigenvalue weighted by Crippen LogP contribution is -2.58. The molecule has 3 saturated heterocycles. The number of ether oxygens (including phenoxy) is 1. The molecule has 3 N–H and O–H groups in total. The Morgan fingerprint density at radius 3 is 2.43 bits per heavy atom. The van der Waals surface area contributed by atoms with Crippen LogP contribution in [0.4, 0.5) is 35.9 Å². The molecule has 4 fully saturated rings. The van der Waals surface area contributed by atoms with E-state index in [-0.39, 0.29) is 60.3 Å². The van der Waals surface area contributed by atoms with Gasteiger partial charge in [0.15, 0.2) is 11.2 Å².